The number of halogens is 1. The quantitative estimate of drug-likeness (QED) is 0.525. The minimum absolute atomic E-state index is 0.130. The molecule has 3 aromatic rings. The van der Waals surface area contributed by atoms with E-state index < -0.39 is 10.0 Å². The average molecular weight is 492 g/mol. The third kappa shape index (κ3) is 5.44. The van der Waals surface area contributed by atoms with Crippen LogP contribution in [-0.4, -0.2) is 47.7 Å². The lowest BCUT2D eigenvalue weighted by Crippen LogP contribution is -2.42. The first-order valence-electron chi connectivity index (χ1n) is 10.1. The van der Waals surface area contributed by atoms with Gasteiger partial charge in [-0.3, -0.25) is 4.79 Å². The van der Waals surface area contributed by atoms with E-state index in [0.29, 0.717) is 42.5 Å². The lowest BCUT2D eigenvalue weighted by Gasteiger charge is -2.31. The molecule has 1 fully saturated rings. The van der Waals surface area contributed by atoms with Crippen LogP contribution in [0.2, 0.25) is 5.02 Å². The molecule has 0 aliphatic carbocycles. The maximum Gasteiger partial charge on any atom is 0.252 e. The van der Waals surface area contributed by atoms with Crippen molar-refractivity contribution >= 4 is 44.8 Å². The van der Waals surface area contributed by atoms with Crippen molar-refractivity contribution in [3.63, 3.8) is 0 Å². The number of carbonyl (C=O) groups is 1. The number of rotatable bonds is 7. The average Bonchev–Trinajstić information content (AvgIpc) is 3.29. The van der Waals surface area contributed by atoms with E-state index in [1.165, 1.54) is 15.6 Å². The number of carbonyl (C=O) groups excluding carboxylic acids is 1. The van der Waals surface area contributed by atoms with Crippen LogP contribution in [0.15, 0.2) is 59.1 Å². The summed E-state index contributed by atoms with van der Waals surface area (Å²) in [6, 6.07) is 11.8. The van der Waals surface area contributed by atoms with Crippen molar-refractivity contribution in [2.24, 2.45) is 0 Å². The molecule has 1 aromatic carbocycles. The third-order valence-electron chi connectivity index (χ3n) is 5.11. The molecular weight excluding hydrogens is 470 g/mol. The second-order valence-electron chi connectivity index (χ2n) is 7.31. The summed E-state index contributed by atoms with van der Waals surface area (Å²) in [5, 5.41) is 6.62. The van der Waals surface area contributed by atoms with E-state index in [0.717, 1.165) is 4.88 Å². The Bertz CT molecular complexity index is 1160. The molecule has 8 nitrogen and oxygen atoms in total. The minimum atomic E-state index is -3.57. The van der Waals surface area contributed by atoms with Gasteiger partial charge in [0.15, 0.2) is 0 Å². The number of nitrogens with zero attached hydrogens (tertiary/aromatic N) is 3. The monoisotopic (exact) mass is 491 g/mol. The number of benzene rings is 1. The van der Waals surface area contributed by atoms with Crippen molar-refractivity contribution in [1.82, 2.24) is 19.6 Å². The highest BCUT2D eigenvalue weighted by Crippen LogP contribution is 2.27. The highest BCUT2D eigenvalue weighted by atomic mass is 35.5. The summed E-state index contributed by atoms with van der Waals surface area (Å²) in [5.74, 6) is 0.314. The number of piperidine rings is 1. The zero-order chi connectivity index (χ0) is 22.6. The van der Waals surface area contributed by atoms with E-state index in [-0.39, 0.29) is 22.7 Å². The van der Waals surface area contributed by atoms with Gasteiger partial charge in [-0.05, 0) is 55.3 Å². The molecule has 0 atom stereocenters. The summed E-state index contributed by atoms with van der Waals surface area (Å²) in [6.07, 6.45) is 4.68. The molecule has 1 saturated heterocycles. The first-order valence-corrected chi connectivity index (χ1v) is 12.7. The standard InChI is InChI=1S/C21H22ClN5O3S2/c22-16-4-2-15(3-5-16)20(28)25-14-18-6-7-19(31-18)32(29,30)27-12-8-17(9-13-27)26-21-23-10-1-11-24-21/h1-7,10-11,17H,8-9,12-14H2,(H,25,28)(H,23,24,26). The summed E-state index contributed by atoms with van der Waals surface area (Å²) < 4.78 is 27.9. The molecule has 1 amide bonds. The Morgan fingerprint density at radius 1 is 1.09 bits per heavy atom. The Labute approximate surface area is 195 Å². The second-order valence-corrected chi connectivity index (χ2v) is 11.1. The molecule has 1 aliphatic heterocycles. The lowest BCUT2D eigenvalue weighted by atomic mass is 10.1. The fourth-order valence-corrected chi connectivity index (χ4v) is 6.43. The summed E-state index contributed by atoms with van der Waals surface area (Å²) >= 11 is 7.02. The fourth-order valence-electron chi connectivity index (χ4n) is 3.39. The predicted octanol–water partition coefficient (Wildman–Crippen LogP) is 3.39. The van der Waals surface area contributed by atoms with E-state index >= 15 is 0 Å². The van der Waals surface area contributed by atoms with Gasteiger partial charge in [0.1, 0.15) is 4.21 Å². The number of anilines is 1. The van der Waals surface area contributed by atoms with Gasteiger partial charge in [0, 0.05) is 47.0 Å². The van der Waals surface area contributed by atoms with Crippen LogP contribution in [0.25, 0.3) is 0 Å². The maximum absolute atomic E-state index is 13.0. The highest BCUT2D eigenvalue weighted by molar-refractivity contribution is 7.91. The third-order valence-corrected chi connectivity index (χ3v) is 8.82. The van der Waals surface area contributed by atoms with Crippen molar-refractivity contribution < 1.29 is 13.2 Å². The summed E-state index contributed by atoms with van der Waals surface area (Å²) in [5.41, 5.74) is 0.496. The molecule has 0 unspecified atom stereocenters. The van der Waals surface area contributed by atoms with Crippen molar-refractivity contribution in [2.45, 2.75) is 29.6 Å². The Hall–Kier alpha value is -2.53. The van der Waals surface area contributed by atoms with E-state index in [2.05, 4.69) is 20.6 Å². The minimum Gasteiger partial charge on any atom is -0.351 e. The molecular formula is C21H22ClN5O3S2. The van der Waals surface area contributed by atoms with Crippen molar-refractivity contribution in [3.8, 4) is 0 Å². The van der Waals surface area contributed by atoms with Gasteiger partial charge in [0.05, 0.1) is 6.54 Å². The Morgan fingerprint density at radius 2 is 1.78 bits per heavy atom. The van der Waals surface area contributed by atoms with E-state index in [4.69, 9.17) is 11.6 Å². The number of hydrogen-bond acceptors (Lipinski definition) is 7. The number of aromatic nitrogens is 2. The van der Waals surface area contributed by atoms with Crippen LogP contribution in [0.5, 0.6) is 0 Å². The number of thiophene rings is 1. The first-order chi connectivity index (χ1) is 15.4. The molecule has 0 radical (unpaired) electrons. The van der Waals surface area contributed by atoms with Crippen molar-refractivity contribution in [2.75, 3.05) is 18.4 Å². The number of sulfonamides is 1. The van der Waals surface area contributed by atoms with Crippen LogP contribution in [-0.2, 0) is 16.6 Å². The van der Waals surface area contributed by atoms with Gasteiger partial charge >= 0.3 is 0 Å². The van der Waals surface area contributed by atoms with Gasteiger partial charge in [0.25, 0.3) is 15.9 Å². The molecule has 2 N–H and O–H groups in total. The fraction of sp³-hybridized carbons (Fsp3) is 0.286. The van der Waals surface area contributed by atoms with Crippen LogP contribution >= 0.6 is 22.9 Å². The number of hydrogen-bond donors (Lipinski definition) is 2. The molecule has 0 bridgehead atoms. The summed E-state index contributed by atoms with van der Waals surface area (Å²) in [4.78, 5) is 21.3. The lowest BCUT2D eigenvalue weighted by molar-refractivity contribution is 0.0951. The summed E-state index contributed by atoms with van der Waals surface area (Å²) in [6.45, 7) is 1.10. The van der Waals surface area contributed by atoms with Crippen LogP contribution < -0.4 is 10.6 Å². The molecule has 0 saturated carbocycles. The topological polar surface area (TPSA) is 104 Å². The first kappa shape index (κ1) is 22.7. The number of nitrogens with one attached hydrogen (secondary N) is 2. The molecule has 3 heterocycles. The van der Waals surface area contributed by atoms with Crippen LogP contribution in [0, 0.1) is 0 Å². The zero-order valence-electron chi connectivity index (χ0n) is 17.1. The predicted molar refractivity (Wildman–Crippen MR) is 124 cm³/mol. The molecule has 168 valence electrons. The Kier molecular flexibility index (Phi) is 7.04. The van der Waals surface area contributed by atoms with Gasteiger partial charge in [0.2, 0.25) is 5.95 Å². The molecule has 2 aromatic heterocycles. The molecule has 32 heavy (non-hydrogen) atoms. The van der Waals surface area contributed by atoms with Crippen LogP contribution in [0.4, 0.5) is 5.95 Å². The van der Waals surface area contributed by atoms with Crippen LogP contribution in [0.3, 0.4) is 0 Å². The molecule has 11 heteroatoms. The van der Waals surface area contributed by atoms with Gasteiger partial charge in [-0.15, -0.1) is 11.3 Å². The van der Waals surface area contributed by atoms with E-state index in [1.807, 2.05) is 0 Å². The van der Waals surface area contributed by atoms with Crippen molar-refractivity contribution in [3.05, 3.63) is 70.3 Å². The van der Waals surface area contributed by atoms with Crippen LogP contribution in [0.1, 0.15) is 28.1 Å². The molecule has 4 rings (SSSR count). The maximum atomic E-state index is 13.0. The Morgan fingerprint density at radius 3 is 2.47 bits per heavy atom. The SMILES string of the molecule is O=C(NCc1ccc(S(=O)(=O)N2CCC(Nc3ncccn3)CC2)s1)c1ccc(Cl)cc1. The van der Waals surface area contributed by atoms with Gasteiger partial charge in [-0.25, -0.2) is 18.4 Å². The normalized spacial score (nSPS) is 15.4. The zero-order valence-corrected chi connectivity index (χ0v) is 19.5. The molecule has 0 spiro atoms. The van der Waals surface area contributed by atoms with E-state index in [1.54, 1.807) is 54.9 Å². The smallest absolute Gasteiger partial charge is 0.252 e. The van der Waals surface area contributed by atoms with Crippen molar-refractivity contribution in [1.29, 1.82) is 0 Å². The van der Waals surface area contributed by atoms with E-state index in [9.17, 15) is 13.2 Å². The van der Waals surface area contributed by atoms with Gasteiger partial charge in [-0.2, -0.15) is 4.31 Å². The summed E-state index contributed by atoms with van der Waals surface area (Å²) in [7, 11) is -3.57. The largest absolute Gasteiger partial charge is 0.351 e. The van der Waals surface area contributed by atoms with Gasteiger partial charge < -0.3 is 10.6 Å². The second kappa shape index (κ2) is 9.95. The Balaban J connectivity index is 1.32. The van der Waals surface area contributed by atoms with Gasteiger partial charge in [-0.1, -0.05) is 11.6 Å². The highest BCUT2D eigenvalue weighted by Gasteiger charge is 2.30. The molecule has 1 aliphatic rings. The number of amides is 1.